The van der Waals surface area contributed by atoms with Crippen molar-refractivity contribution in [3.05, 3.63) is 11.9 Å². The van der Waals surface area contributed by atoms with Crippen molar-refractivity contribution in [3.8, 4) is 17.8 Å². The molecule has 5 nitrogen and oxygen atoms in total. The van der Waals surface area contributed by atoms with Gasteiger partial charge in [0.05, 0.1) is 26.4 Å². The highest BCUT2D eigenvalue weighted by atomic mass is 16.5. The molecule has 0 aliphatic rings. The molecule has 0 bridgehead atoms. The molecule has 0 fully saturated rings. The fourth-order valence-corrected chi connectivity index (χ4v) is 1.27. The lowest BCUT2D eigenvalue weighted by Gasteiger charge is -2.13. The van der Waals surface area contributed by atoms with Gasteiger partial charge in [-0.3, -0.25) is 0 Å². The molecular formula is C11H15N3O2. The molecule has 0 aliphatic carbocycles. The van der Waals surface area contributed by atoms with E-state index in [0.717, 1.165) is 0 Å². The van der Waals surface area contributed by atoms with Gasteiger partial charge in [0.25, 0.3) is 0 Å². The average Bonchev–Trinajstić information content (AvgIpc) is 2.29. The summed E-state index contributed by atoms with van der Waals surface area (Å²) in [5.74, 6) is 1.03. The highest BCUT2D eigenvalue weighted by molar-refractivity contribution is 5.24. The topological polar surface area (TPSA) is 68.0 Å². The summed E-state index contributed by atoms with van der Waals surface area (Å²) in [7, 11) is 3.03. The number of aromatic nitrogens is 2. The van der Waals surface area contributed by atoms with Gasteiger partial charge in [-0.05, 0) is 5.92 Å². The Hall–Kier alpha value is -1.83. The van der Waals surface area contributed by atoms with E-state index >= 15 is 0 Å². The van der Waals surface area contributed by atoms with Gasteiger partial charge in [-0.15, -0.1) is 0 Å². The molecule has 1 rings (SSSR count). The van der Waals surface area contributed by atoms with Gasteiger partial charge in [0.2, 0.25) is 11.8 Å². The zero-order valence-electron chi connectivity index (χ0n) is 9.89. The molecule has 0 amide bonds. The van der Waals surface area contributed by atoms with Crippen LogP contribution in [0, 0.1) is 17.2 Å². The van der Waals surface area contributed by atoms with Crippen LogP contribution in [0.15, 0.2) is 6.07 Å². The third-order valence-electron chi connectivity index (χ3n) is 2.20. The molecule has 1 atom stereocenters. The second-order valence-corrected chi connectivity index (χ2v) is 3.66. The predicted octanol–water partition coefficient (Wildman–Crippen LogP) is 1.76. The number of hydrogen-bond acceptors (Lipinski definition) is 5. The van der Waals surface area contributed by atoms with Gasteiger partial charge in [0.1, 0.15) is 5.92 Å². The molecule has 1 unspecified atom stereocenters. The molecule has 1 aromatic heterocycles. The maximum Gasteiger partial charge on any atom is 0.220 e. The molecule has 1 aromatic rings. The third kappa shape index (κ3) is 2.60. The minimum Gasteiger partial charge on any atom is -0.481 e. The lowest BCUT2D eigenvalue weighted by atomic mass is 9.97. The van der Waals surface area contributed by atoms with Gasteiger partial charge < -0.3 is 9.47 Å². The van der Waals surface area contributed by atoms with E-state index in [1.807, 2.05) is 13.8 Å². The third-order valence-corrected chi connectivity index (χ3v) is 2.20. The van der Waals surface area contributed by atoms with Crippen LogP contribution in [0.25, 0.3) is 0 Å². The van der Waals surface area contributed by atoms with Crippen LogP contribution in [0.1, 0.15) is 25.6 Å². The van der Waals surface area contributed by atoms with E-state index < -0.39 is 0 Å². The maximum atomic E-state index is 9.07. The van der Waals surface area contributed by atoms with E-state index in [1.54, 1.807) is 6.07 Å². The summed E-state index contributed by atoms with van der Waals surface area (Å²) in [5.41, 5.74) is 0. The first kappa shape index (κ1) is 12.2. The monoisotopic (exact) mass is 221 g/mol. The highest BCUT2D eigenvalue weighted by Gasteiger charge is 2.20. The van der Waals surface area contributed by atoms with Crippen LogP contribution in [-0.2, 0) is 0 Å². The number of ether oxygens (including phenoxy) is 2. The standard InChI is InChI=1S/C11H15N3O2/c1-7(2)8(6-12)11-13-9(15-3)5-10(14-11)16-4/h5,7-8H,1-4H3. The lowest BCUT2D eigenvalue weighted by Crippen LogP contribution is -2.10. The van der Waals surface area contributed by atoms with Crippen molar-refractivity contribution >= 4 is 0 Å². The molecule has 86 valence electrons. The summed E-state index contributed by atoms with van der Waals surface area (Å²) < 4.78 is 10.1. The Kier molecular flexibility index (Phi) is 4.06. The first-order valence-electron chi connectivity index (χ1n) is 4.99. The Balaban J connectivity index is 3.17. The van der Waals surface area contributed by atoms with Gasteiger partial charge in [-0.1, -0.05) is 13.8 Å². The Morgan fingerprint density at radius 2 is 1.69 bits per heavy atom. The van der Waals surface area contributed by atoms with E-state index in [1.165, 1.54) is 14.2 Å². The van der Waals surface area contributed by atoms with E-state index in [2.05, 4.69) is 16.0 Å². The Labute approximate surface area is 95.0 Å². The molecule has 0 saturated carbocycles. The van der Waals surface area contributed by atoms with Gasteiger partial charge in [0.15, 0.2) is 5.82 Å². The second kappa shape index (κ2) is 5.31. The van der Waals surface area contributed by atoms with E-state index in [9.17, 15) is 0 Å². The first-order valence-corrected chi connectivity index (χ1v) is 4.99. The molecule has 0 N–H and O–H groups in total. The van der Waals surface area contributed by atoms with Crippen molar-refractivity contribution in [1.29, 1.82) is 5.26 Å². The van der Waals surface area contributed by atoms with Crippen LogP contribution in [0.5, 0.6) is 11.8 Å². The Bertz CT molecular complexity index is 376. The second-order valence-electron chi connectivity index (χ2n) is 3.66. The molecule has 0 aliphatic heterocycles. The molecule has 0 aromatic carbocycles. The first-order chi connectivity index (χ1) is 7.62. The Morgan fingerprint density at radius 1 is 1.19 bits per heavy atom. The normalized spacial score (nSPS) is 12.0. The summed E-state index contributed by atoms with van der Waals surface area (Å²) in [5, 5.41) is 9.07. The zero-order valence-corrected chi connectivity index (χ0v) is 9.89. The van der Waals surface area contributed by atoms with Gasteiger partial charge in [-0.2, -0.15) is 15.2 Å². The van der Waals surface area contributed by atoms with Crippen molar-refractivity contribution < 1.29 is 9.47 Å². The molecule has 0 radical (unpaired) electrons. The predicted molar refractivity (Wildman–Crippen MR) is 58.3 cm³/mol. The van der Waals surface area contributed by atoms with Crippen molar-refractivity contribution in [2.45, 2.75) is 19.8 Å². The maximum absolute atomic E-state index is 9.07. The van der Waals surface area contributed by atoms with Crippen molar-refractivity contribution in [3.63, 3.8) is 0 Å². The van der Waals surface area contributed by atoms with Crippen molar-refractivity contribution in [1.82, 2.24) is 9.97 Å². The molecular weight excluding hydrogens is 206 g/mol. The van der Waals surface area contributed by atoms with Crippen molar-refractivity contribution in [2.24, 2.45) is 5.92 Å². The highest BCUT2D eigenvalue weighted by Crippen LogP contribution is 2.24. The Morgan fingerprint density at radius 3 is 2.00 bits per heavy atom. The SMILES string of the molecule is COc1cc(OC)nc(C(C#N)C(C)C)n1. The number of rotatable bonds is 4. The van der Waals surface area contributed by atoms with Crippen LogP contribution in [-0.4, -0.2) is 24.2 Å². The van der Waals surface area contributed by atoms with Crippen LogP contribution in [0.3, 0.4) is 0 Å². The largest absolute Gasteiger partial charge is 0.481 e. The van der Waals surface area contributed by atoms with Crippen LogP contribution in [0.2, 0.25) is 0 Å². The fraction of sp³-hybridized carbons (Fsp3) is 0.545. The van der Waals surface area contributed by atoms with E-state index in [4.69, 9.17) is 14.7 Å². The van der Waals surface area contributed by atoms with Crippen LogP contribution >= 0.6 is 0 Å². The molecule has 16 heavy (non-hydrogen) atoms. The minimum absolute atomic E-state index is 0.141. The fourth-order valence-electron chi connectivity index (χ4n) is 1.27. The average molecular weight is 221 g/mol. The summed E-state index contributed by atoms with van der Waals surface area (Å²) >= 11 is 0. The molecule has 1 heterocycles. The summed E-state index contributed by atoms with van der Waals surface area (Å²) in [6, 6.07) is 3.77. The van der Waals surface area contributed by atoms with Gasteiger partial charge in [0, 0.05) is 0 Å². The number of hydrogen-bond donors (Lipinski definition) is 0. The minimum atomic E-state index is -0.357. The smallest absolute Gasteiger partial charge is 0.220 e. The van der Waals surface area contributed by atoms with E-state index in [-0.39, 0.29) is 11.8 Å². The summed E-state index contributed by atoms with van der Waals surface area (Å²) in [6.45, 7) is 3.90. The van der Waals surface area contributed by atoms with E-state index in [0.29, 0.717) is 17.6 Å². The summed E-state index contributed by atoms with van der Waals surface area (Å²) in [6.07, 6.45) is 0. The molecule has 5 heteroatoms. The van der Waals surface area contributed by atoms with Crippen LogP contribution in [0.4, 0.5) is 0 Å². The quantitative estimate of drug-likeness (QED) is 0.774. The number of nitrogens with zero attached hydrogens (tertiary/aromatic N) is 3. The van der Waals surface area contributed by atoms with Crippen LogP contribution < -0.4 is 9.47 Å². The number of nitriles is 1. The van der Waals surface area contributed by atoms with Gasteiger partial charge in [-0.25, -0.2) is 0 Å². The summed E-state index contributed by atoms with van der Waals surface area (Å²) in [4.78, 5) is 8.31. The molecule has 0 spiro atoms. The van der Waals surface area contributed by atoms with Crippen molar-refractivity contribution in [2.75, 3.05) is 14.2 Å². The zero-order chi connectivity index (χ0) is 12.1. The number of methoxy groups -OCH3 is 2. The lowest BCUT2D eigenvalue weighted by molar-refractivity contribution is 0.364. The van der Waals surface area contributed by atoms with Gasteiger partial charge >= 0.3 is 0 Å². The molecule has 0 saturated heterocycles.